The number of nitrogens with one attached hydrogen (secondary N) is 2. The summed E-state index contributed by atoms with van der Waals surface area (Å²) in [6.07, 6.45) is 1.31. The van der Waals surface area contributed by atoms with E-state index in [2.05, 4.69) is 42.5 Å². The van der Waals surface area contributed by atoms with E-state index in [4.69, 9.17) is 16.3 Å². The Morgan fingerprint density at radius 3 is 2.54 bits per heavy atom. The van der Waals surface area contributed by atoms with Crippen LogP contribution in [-0.4, -0.2) is 30.4 Å². The van der Waals surface area contributed by atoms with E-state index in [1.54, 1.807) is 37.3 Å². The SMILES string of the molecule is Cc1ccc(Cl)cc1N1C(=O)NC(=O)/C(=C\c2cc(Br)cc(Br)c2OCC(=O)Nc2cccc(C)c2C)C1=O. The van der Waals surface area contributed by atoms with Gasteiger partial charge >= 0.3 is 6.03 Å². The Morgan fingerprint density at radius 2 is 1.79 bits per heavy atom. The lowest BCUT2D eigenvalue weighted by Crippen LogP contribution is -2.54. The number of nitrogens with zero attached hydrogens (tertiary/aromatic N) is 1. The summed E-state index contributed by atoms with van der Waals surface area (Å²) in [7, 11) is 0. The van der Waals surface area contributed by atoms with Crippen molar-refractivity contribution in [3.8, 4) is 5.75 Å². The number of carbonyl (C=O) groups excluding carboxylic acids is 4. The molecule has 0 atom stereocenters. The minimum atomic E-state index is -0.887. The topological polar surface area (TPSA) is 105 Å². The molecule has 0 aliphatic carbocycles. The Morgan fingerprint density at radius 1 is 1.05 bits per heavy atom. The molecule has 1 fully saturated rings. The second-order valence-corrected chi connectivity index (χ2v) is 11.0. The zero-order valence-electron chi connectivity index (χ0n) is 21.0. The number of anilines is 2. The fourth-order valence-electron chi connectivity index (χ4n) is 3.91. The van der Waals surface area contributed by atoms with Crippen LogP contribution < -0.4 is 20.3 Å². The first-order valence-corrected chi connectivity index (χ1v) is 13.6. The Hall–Kier alpha value is -3.47. The summed E-state index contributed by atoms with van der Waals surface area (Å²) in [6, 6.07) is 12.8. The maximum Gasteiger partial charge on any atom is 0.335 e. The molecular weight excluding hydrogens is 654 g/mol. The predicted molar refractivity (Wildman–Crippen MR) is 157 cm³/mol. The zero-order valence-corrected chi connectivity index (χ0v) is 25.0. The van der Waals surface area contributed by atoms with Crippen LogP contribution in [0.15, 0.2) is 63.0 Å². The van der Waals surface area contributed by atoms with Gasteiger partial charge < -0.3 is 10.1 Å². The van der Waals surface area contributed by atoms with E-state index < -0.39 is 23.8 Å². The molecule has 1 saturated heterocycles. The lowest BCUT2D eigenvalue weighted by Gasteiger charge is -2.27. The van der Waals surface area contributed by atoms with Crippen LogP contribution in [0.4, 0.5) is 16.2 Å². The molecule has 0 spiro atoms. The van der Waals surface area contributed by atoms with Crippen molar-refractivity contribution in [1.82, 2.24) is 5.32 Å². The summed E-state index contributed by atoms with van der Waals surface area (Å²) >= 11 is 12.9. The van der Waals surface area contributed by atoms with Gasteiger partial charge in [0.1, 0.15) is 11.3 Å². The first kappa shape index (κ1) is 28.5. The monoisotopic (exact) mass is 673 g/mol. The number of hydrogen-bond donors (Lipinski definition) is 2. The van der Waals surface area contributed by atoms with Crippen molar-refractivity contribution in [2.45, 2.75) is 20.8 Å². The highest BCUT2D eigenvalue weighted by atomic mass is 79.9. The molecule has 0 unspecified atom stereocenters. The summed E-state index contributed by atoms with van der Waals surface area (Å²) < 4.78 is 6.94. The van der Waals surface area contributed by atoms with Crippen molar-refractivity contribution in [2.24, 2.45) is 0 Å². The number of rotatable bonds is 6. The number of carbonyl (C=O) groups is 4. The fraction of sp³-hybridized carbons (Fsp3) is 0.143. The third-order valence-electron chi connectivity index (χ3n) is 6.08. The van der Waals surface area contributed by atoms with Crippen molar-refractivity contribution >= 4 is 84.7 Å². The van der Waals surface area contributed by atoms with Gasteiger partial charge in [0.15, 0.2) is 6.61 Å². The molecule has 0 saturated carbocycles. The predicted octanol–water partition coefficient (Wildman–Crippen LogP) is 6.47. The van der Waals surface area contributed by atoms with Gasteiger partial charge in [-0.3, -0.25) is 19.7 Å². The normalized spacial score (nSPS) is 14.5. The number of imide groups is 2. The Bertz CT molecular complexity index is 1570. The number of halogens is 3. The van der Waals surface area contributed by atoms with Gasteiger partial charge in [-0.15, -0.1) is 0 Å². The van der Waals surface area contributed by atoms with E-state index in [-0.39, 0.29) is 23.6 Å². The van der Waals surface area contributed by atoms with Crippen LogP contribution in [0, 0.1) is 20.8 Å². The van der Waals surface area contributed by atoms with Gasteiger partial charge in [0.2, 0.25) is 0 Å². The molecule has 0 bridgehead atoms. The highest BCUT2D eigenvalue weighted by molar-refractivity contribution is 9.11. The van der Waals surface area contributed by atoms with E-state index in [0.29, 0.717) is 30.8 Å². The van der Waals surface area contributed by atoms with Crippen molar-refractivity contribution in [2.75, 3.05) is 16.8 Å². The van der Waals surface area contributed by atoms with Gasteiger partial charge in [-0.1, -0.05) is 45.7 Å². The molecule has 3 aromatic rings. The third kappa shape index (κ3) is 6.24. The van der Waals surface area contributed by atoms with E-state index in [1.165, 1.54) is 12.1 Å². The second-order valence-electron chi connectivity index (χ2n) is 8.78. The molecule has 4 rings (SSSR count). The number of barbiturate groups is 1. The van der Waals surface area contributed by atoms with E-state index in [1.807, 2.05) is 26.0 Å². The number of aryl methyl sites for hydroxylation is 2. The summed E-state index contributed by atoms with van der Waals surface area (Å²) in [5.41, 5.74) is 3.53. The molecule has 2 N–H and O–H groups in total. The number of benzene rings is 3. The molecule has 5 amide bonds. The van der Waals surface area contributed by atoms with Crippen LogP contribution in [0.1, 0.15) is 22.3 Å². The van der Waals surface area contributed by atoms with Gasteiger partial charge in [-0.05, 0) is 89.8 Å². The van der Waals surface area contributed by atoms with E-state index in [9.17, 15) is 19.2 Å². The minimum Gasteiger partial charge on any atom is -0.482 e. The molecule has 0 aromatic heterocycles. The quantitative estimate of drug-likeness (QED) is 0.230. The highest BCUT2D eigenvalue weighted by Gasteiger charge is 2.37. The number of hydrogen-bond acceptors (Lipinski definition) is 5. The van der Waals surface area contributed by atoms with Crippen LogP contribution in [0.2, 0.25) is 5.02 Å². The van der Waals surface area contributed by atoms with Crippen LogP contribution in [0.5, 0.6) is 5.75 Å². The molecule has 1 aliphatic heterocycles. The molecule has 1 aliphatic rings. The summed E-state index contributed by atoms with van der Waals surface area (Å²) in [4.78, 5) is 52.4. The van der Waals surface area contributed by atoms with Crippen LogP contribution >= 0.6 is 43.5 Å². The van der Waals surface area contributed by atoms with E-state index in [0.717, 1.165) is 16.0 Å². The van der Waals surface area contributed by atoms with Crippen LogP contribution in [0.25, 0.3) is 6.08 Å². The van der Waals surface area contributed by atoms with Crippen LogP contribution in [-0.2, 0) is 14.4 Å². The Balaban J connectivity index is 1.65. The maximum atomic E-state index is 13.4. The molecule has 200 valence electrons. The van der Waals surface area contributed by atoms with Crippen molar-refractivity contribution in [1.29, 1.82) is 0 Å². The van der Waals surface area contributed by atoms with Crippen molar-refractivity contribution in [3.63, 3.8) is 0 Å². The van der Waals surface area contributed by atoms with Gasteiger partial charge in [0.05, 0.1) is 10.2 Å². The van der Waals surface area contributed by atoms with Crippen molar-refractivity contribution < 1.29 is 23.9 Å². The fourth-order valence-corrected chi connectivity index (χ4v) is 5.44. The van der Waals surface area contributed by atoms with Crippen molar-refractivity contribution in [3.05, 3.63) is 90.3 Å². The Labute approximate surface area is 246 Å². The third-order valence-corrected chi connectivity index (χ3v) is 7.36. The summed E-state index contributed by atoms with van der Waals surface area (Å²) in [6.45, 7) is 5.24. The average Bonchev–Trinajstić information content (AvgIpc) is 2.86. The largest absolute Gasteiger partial charge is 0.482 e. The summed E-state index contributed by atoms with van der Waals surface area (Å²) in [5, 5.41) is 5.35. The minimum absolute atomic E-state index is 0.227. The zero-order chi connectivity index (χ0) is 28.4. The van der Waals surface area contributed by atoms with Gasteiger partial charge in [-0.2, -0.15) is 0 Å². The number of urea groups is 1. The second kappa shape index (κ2) is 11.7. The first-order chi connectivity index (χ1) is 18.5. The molecule has 8 nitrogen and oxygen atoms in total. The molecule has 3 aromatic carbocycles. The number of amides is 5. The maximum absolute atomic E-state index is 13.4. The standard InChI is InChI=1S/C28H22Br2ClN3O5/c1-14-5-4-6-22(16(14)3)32-24(35)13-39-25-17(9-18(29)11-21(25)30)10-20-26(36)33-28(38)34(27(20)37)23-12-19(31)8-7-15(23)2/h4-12H,13H2,1-3H3,(H,32,35)(H,33,36,38)/b20-10+. The van der Waals surface area contributed by atoms with E-state index >= 15 is 0 Å². The first-order valence-electron chi connectivity index (χ1n) is 11.6. The molecular formula is C28H22Br2ClN3O5. The lowest BCUT2D eigenvalue weighted by atomic mass is 10.0. The molecule has 39 heavy (non-hydrogen) atoms. The highest BCUT2D eigenvalue weighted by Crippen LogP contribution is 2.35. The Kier molecular flexibility index (Phi) is 8.58. The molecule has 1 heterocycles. The number of ether oxygens (including phenoxy) is 1. The molecule has 0 radical (unpaired) electrons. The molecule has 11 heteroatoms. The van der Waals surface area contributed by atoms with Gasteiger partial charge in [-0.25, -0.2) is 9.69 Å². The average molecular weight is 676 g/mol. The van der Waals surface area contributed by atoms with Gasteiger partial charge in [0, 0.05) is 20.7 Å². The smallest absolute Gasteiger partial charge is 0.335 e. The summed E-state index contributed by atoms with van der Waals surface area (Å²) in [5.74, 6) is -1.86. The van der Waals surface area contributed by atoms with Crippen LogP contribution in [0.3, 0.4) is 0 Å². The van der Waals surface area contributed by atoms with Gasteiger partial charge in [0.25, 0.3) is 17.7 Å². The lowest BCUT2D eigenvalue weighted by molar-refractivity contribution is -0.122.